The van der Waals surface area contributed by atoms with Gasteiger partial charge >= 0.3 is 0 Å². The maximum absolute atomic E-state index is 13.4. The summed E-state index contributed by atoms with van der Waals surface area (Å²) in [7, 11) is 1.67. The standard InChI is InChI=1S/C13H20ClFN2O/c1-13(2,18-3)7-6-12(17-16)9-4-5-10(14)11(15)8-9/h4-5,8,12,17H,6-7,16H2,1-3H3. The minimum Gasteiger partial charge on any atom is -0.379 e. The zero-order chi connectivity index (χ0) is 13.8. The molecule has 1 rings (SSSR count). The molecule has 0 heterocycles. The molecule has 3 N–H and O–H groups in total. The quantitative estimate of drug-likeness (QED) is 0.619. The summed E-state index contributed by atoms with van der Waals surface area (Å²) in [4.78, 5) is 0. The molecule has 0 saturated carbocycles. The van der Waals surface area contributed by atoms with Crippen LogP contribution in [0.25, 0.3) is 0 Å². The highest BCUT2D eigenvalue weighted by Gasteiger charge is 2.20. The third kappa shape index (κ3) is 4.21. The van der Waals surface area contributed by atoms with Crippen molar-refractivity contribution in [2.75, 3.05) is 7.11 Å². The molecule has 0 fully saturated rings. The lowest BCUT2D eigenvalue weighted by Gasteiger charge is -2.26. The Morgan fingerprint density at radius 3 is 2.67 bits per heavy atom. The van der Waals surface area contributed by atoms with Crippen LogP contribution in [-0.2, 0) is 4.74 Å². The van der Waals surface area contributed by atoms with Crippen molar-refractivity contribution < 1.29 is 9.13 Å². The molecule has 0 spiro atoms. The molecule has 18 heavy (non-hydrogen) atoms. The predicted molar refractivity (Wildman–Crippen MR) is 71.8 cm³/mol. The SMILES string of the molecule is COC(C)(C)CCC(NN)c1ccc(Cl)c(F)c1. The number of halogens is 2. The summed E-state index contributed by atoms with van der Waals surface area (Å²) in [6.45, 7) is 4.01. The van der Waals surface area contributed by atoms with Crippen molar-refractivity contribution >= 4 is 11.6 Å². The maximum atomic E-state index is 13.4. The Balaban J connectivity index is 2.74. The van der Waals surface area contributed by atoms with Gasteiger partial charge in [-0.1, -0.05) is 17.7 Å². The molecule has 0 aliphatic carbocycles. The van der Waals surface area contributed by atoms with Crippen molar-refractivity contribution in [2.45, 2.75) is 38.3 Å². The second-order valence-corrected chi connectivity index (χ2v) is 5.30. The molecule has 0 bridgehead atoms. The summed E-state index contributed by atoms with van der Waals surface area (Å²) in [5.74, 6) is 5.09. The first-order valence-corrected chi connectivity index (χ1v) is 6.23. The van der Waals surface area contributed by atoms with Crippen molar-refractivity contribution in [3.8, 4) is 0 Å². The van der Waals surface area contributed by atoms with E-state index < -0.39 is 5.82 Å². The molecule has 1 aromatic carbocycles. The number of hydrazine groups is 1. The predicted octanol–water partition coefficient (Wildman–Crippen LogP) is 3.19. The molecule has 1 aromatic rings. The molecular weight excluding hydrogens is 255 g/mol. The monoisotopic (exact) mass is 274 g/mol. The van der Waals surface area contributed by atoms with E-state index in [1.54, 1.807) is 13.2 Å². The van der Waals surface area contributed by atoms with Gasteiger partial charge in [0.05, 0.1) is 10.6 Å². The van der Waals surface area contributed by atoms with Crippen LogP contribution in [0, 0.1) is 5.82 Å². The fourth-order valence-corrected chi connectivity index (χ4v) is 1.79. The number of benzene rings is 1. The van der Waals surface area contributed by atoms with Gasteiger partial charge in [0.1, 0.15) is 5.82 Å². The Labute approximate surface area is 112 Å². The topological polar surface area (TPSA) is 47.3 Å². The molecular formula is C13H20ClFN2O. The summed E-state index contributed by atoms with van der Waals surface area (Å²) in [6, 6.07) is 4.60. The minimum absolute atomic E-state index is 0.117. The minimum atomic E-state index is -0.430. The van der Waals surface area contributed by atoms with Crippen LogP contribution in [0.1, 0.15) is 38.3 Å². The number of hydrogen-bond donors (Lipinski definition) is 2. The van der Waals surface area contributed by atoms with Crippen LogP contribution >= 0.6 is 11.6 Å². The number of rotatable bonds is 6. The molecule has 1 unspecified atom stereocenters. The van der Waals surface area contributed by atoms with Gasteiger partial charge in [-0.25, -0.2) is 4.39 Å². The van der Waals surface area contributed by atoms with Crippen LogP contribution in [0.4, 0.5) is 4.39 Å². The van der Waals surface area contributed by atoms with E-state index in [1.807, 2.05) is 13.8 Å². The highest BCUT2D eigenvalue weighted by Crippen LogP contribution is 2.26. The maximum Gasteiger partial charge on any atom is 0.142 e. The number of nitrogens with two attached hydrogens (primary N) is 1. The van der Waals surface area contributed by atoms with E-state index in [0.29, 0.717) is 0 Å². The fourth-order valence-electron chi connectivity index (χ4n) is 1.67. The van der Waals surface area contributed by atoms with Gasteiger partial charge < -0.3 is 4.74 Å². The van der Waals surface area contributed by atoms with Crippen LogP contribution in [0.5, 0.6) is 0 Å². The van der Waals surface area contributed by atoms with Gasteiger partial charge in [0.2, 0.25) is 0 Å². The van der Waals surface area contributed by atoms with Crippen LogP contribution in [0.2, 0.25) is 5.02 Å². The van der Waals surface area contributed by atoms with E-state index in [1.165, 1.54) is 12.1 Å². The zero-order valence-corrected chi connectivity index (χ0v) is 11.7. The van der Waals surface area contributed by atoms with E-state index in [9.17, 15) is 4.39 Å². The lowest BCUT2D eigenvalue weighted by Crippen LogP contribution is -2.31. The van der Waals surface area contributed by atoms with Gasteiger partial charge in [-0.05, 0) is 44.4 Å². The summed E-state index contributed by atoms with van der Waals surface area (Å²) in [5.41, 5.74) is 3.26. The molecule has 102 valence electrons. The lowest BCUT2D eigenvalue weighted by atomic mass is 9.95. The van der Waals surface area contributed by atoms with E-state index in [0.717, 1.165) is 18.4 Å². The Kier molecular flexibility index (Phi) is 5.53. The van der Waals surface area contributed by atoms with Crippen molar-refractivity contribution in [2.24, 2.45) is 5.84 Å². The first-order valence-electron chi connectivity index (χ1n) is 5.86. The Morgan fingerprint density at radius 2 is 2.17 bits per heavy atom. The molecule has 0 radical (unpaired) electrons. The summed E-state index contributed by atoms with van der Waals surface area (Å²) in [5, 5.41) is 0.117. The summed E-state index contributed by atoms with van der Waals surface area (Å²) < 4.78 is 18.7. The van der Waals surface area contributed by atoms with Crippen LogP contribution in [0.3, 0.4) is 0 Å². The van der Waals surface area contributed by atoms with E-state index in [4.69, 9.17) is 22.2 Å². The highest BCUT2D eigenvalue weighted by atomic mass is 35.5. The third-order valence-electron chi connectivity index (χ3n) is 3.13. The molecule has 3 nitrogen and oxygen atoms in total. The van der Waals surface area contributed by atoms with E-state index in [-0.39, 0.29) is 16.7 Å². The van der Waals surface area contributed by atoms with E-state index in [2.05, 4.69) is 5.43 Å². The Morgan fingerprint density at radius 1 is 1.50 bits per heavy atom. The van der Waals surface area contributed by atoms with Crippen molar-refractivity contribution in [3.05, 3.63) is 34.6 Å². The number of methoxy groups -OCH3 is 1. The average molecular weight is 275 g/mol. The van der Waals surface area contributed by atoms with E-state index >= 15 is 0 Å². The van der Waals surface area contributed by atoms with Gasteiger partial charge in [0.15, 0.2) is 0 Å². The molecule has 0 aliphatic rings. The van der Waals surface area contributed by atoms with Gasteiger partial charge in [-0.3, -0.25) is 11.3 Å². The van der Waals surface area contributed by atoms with Crippen molar-refractivity contribution in [1.29, 1.82) is 0 Å². The number of nitrogens with one attached hydrogen (secondary N) is 1. The fraction of sp³-hybridized carbons (Fsp3) is 0.538. The molecule has 5 heteroatoms. The van der Waals surface area contributed by atoms with Gasteiger partial charge in [-0.15, -0.1) is 0 Å². The normalized spacial score (nSPS) is 13.7. The third-order valence-corrected chi connectivity index (χ3v) is 3.44. The summed E-state index contributed by atoms with van der Waals surface area (Å²) >= 11 is 5.65. The first kappa shape index (κ1) is 15.4. The number of ether oxygens (including phenoxy) is 1. The van der Waals surface area contributed by atoms with Gasteiger partial charge in [0.25, 0.3) is 0 Å². The molecule has 0 amide bonds. The first-order chi connectivity index (χ1) is 8.39. The van der Waals surface area contributed by atoms with Crippen LogP contribution in [0.15, 0.2) is 18.2 Å². The second-order valence-electron chi connectivity index (χ2n) is 4.90. The lowest BCUT2D eigenvalue weighted by molar-refractivity contribution is 0.0117. The Bertz CT molecular complexity index is 399. The second kappa shape index (κ2) is 6.48. The van der Waals surface area contributed by atoms with Crippen molar-refractivity contribution in [3.63, 3.8) is 0 Å². The van der Waals surface area contributed by atoms with Crippen LogP contribution < -0.4 is 11.3 Å². The van der Waals surface area contributed by atoms with Crippen LogP contribution in [-0.4, -0.2) is 12.7 Å². The smallest absolute Gasteiger partial charge is 0.142 e. The highest BCUT2D eigenvalue weighted by molar-refractivity contribution is 6.30. The Hall–Kier alpha value is -0.680. The molecule has 0 saturated heterocycles. The largest absolute Gasteiger partial charge is 0.379 e. The molecule has 0 aliphatic heterocycles. The zero-order valence-electron chi connectivity index (χ0n) is 11.0. The van der Waals surface area contributed by atoms with Crippen molar-refractivity contribution in [1.82, 2.24) is 5.43 Å². The molecule has 1 atom stereocenters. The van der Waals surface area contributed by atoms with Gasteiger partial charge in [0, 0.05) is 13.2 Å². The summed E-state index contributed by atoms with van der Waals surface area (Å²) in [6.07, 6.45) is 1.56. The average Bonchev–Trinajstić information content (AvgIpc) is 2.34. The van der Waals surface area contributed by atoms with Gasteiger partial charge in [-0.2, -0.15) is 0 Å². The molecule has 0 aromatic heterocycles. The number of hydrogen-bond acceptors (Lipinski definition) is 3.